The fourth-order valence-electron chi connectivity index (χ4n) is 2.87. The maximum Gasteiger partial charge on any atom is 0.337 e. The summed E-state index contributed by atoms with van der Waals surface area (Å²) in [6.07, 6.45) is 3.19. The van der Waals surface area contributed by atoms with Crippen LogP contribution in [-0.2, 0) is 13.0 Å². The number of para-hydroxylation sites is 1. The molecule has 1 aliphatic rings. The Morgan fingerprint density at radius 1 is 1.50 bits per heavy atom. The highest BCUT2D eigenvalue weighted by Crippen LogP contribution is 2.40. The summed E-state index contributed by atoms with van der Waals surface area (Å²) >= 11 is 0. The summed E-state index contributed by atoms with van der Waals surface area (Å²) in [5.74, 6) is 1.62. The van der Waals surface area contributed by atoms with Gasteiger partial charge in [0.1, 0.15) is 11.3 Å². The molecule has 3 rings (SSSR count). The number of hydrogen-bond donors (Lipinski definition) is 1. The van der Waals surface area contributed by atoms with E-state index in [1.165, 1.54) is 6.42 Å². The second-order valence-electron chi connectivity index (χ2n) is 5.84. The summed E-state index contributed by atoms with van der Waals surface area (Å²) in [5, 5.41) is 9.30. The SMILES string of the molecule is CCCc1nc2c(C(=O)O)cccc2n1CC1CC1C. The van der Waals surface area contributed by atoms with E-state index in [1.54, 1.807) is 6.07 Å². The van der Waals surface area contributed by atoms with Crippen molar-refractivity contribution in [1.29, 1.82) is 0 Å². The van der Waals surface area contributed by atoms with Gasteiger partial charge < -0.3 is 9.67 Å². The van der Waals surface area contributed by atoms with Gasteiger partial charge in [0, 0.05) is 13.0 Å². The van der Waals surface area contributed by atoms with Crippen molar-refractivity contribution in [2.24, 2.45) is 11.8 Å². The van der Waals surface area contributed by atoms with E-state index in [-0.39, 0.29) is 0 Å². The minimum atomic E-state index is -0.900. The fourth-order valence-corrected chi connectivity index (χ4v) is 2.87. The van der Waals surface area contributed by atoms with Crippen LogP contribution in [0.25, 0.3) is 11.0 Å². The van der Waals surface area contributed by atoms with E-state index in [9.17, 15) is 9.90 Å². The number of imidazole rings is 1. The Kier molecular flexibility index (Phi) is 3.24. The number of aromatic carboxylic acids is 1. The van der Waals surface area contributed by atoms with Gasteiger partial charge in [-0.1, -0.05) is 19.9 Å². The maximum atomic E-state index is 11.3. The van der Waals surface area contributed by atoms with Gasteiger partial charge in [-0.15, -0.1) is 0 Å². The van der Waals surface area contributed by atoms with Crippen molar-refractivity contribution in [1.82, 2.24) is 9.55 Å². The summed E-state index contributed by atoms with van der Waals surface area (Å²) in [7, 11) is 0. The van der Waals surface area contributed by atoms with Gasteiger partial charge in [0.2, 0.25) is 0 Å². The quantitative estimate of drug-likeness (QED) is 0.908. The van der Waals surface area contributed by atoms with Crippen molar-refractivity contribution < 1.29 is 9.90 Å². The van der Waals surface area contributed by atoms with Gasteiger partial charge >= 0.3 is 5.97 Å². The molecule has 1 fully saturated rings. The fraction of sp³-hybridized carbons (Fsp3) is 0.500. The lowest BCUT2D eigenvalue weighted by atomic mass is 10.2. The molecule has 4 heteroatoms. The normalized spacial score (nSPS) is 21.3. The molecule has 20 heavy (non-hydrogen) atoms. The molecule has 4 nitrogen and oxygen atoms in total. The number of carboxylic acids is 1. The van der Waals surface area contributed by atoms with E-state index in [2.05, 4.69) is 23.4 Å². The Morgan fingerprint density at radius 2 is 2.25 bits per heavy atom. The molecule has 1 aliphatic carbocycles. The minimum Gasteiger partial charge on any atom is -0.478 e. The van der Waals surface area contributed by atoms with Crippen molar-refractivity contribution in [3.8, 4) is 0 Å². The molecular formula is C16H20N2O2. The second kappa shape index (κ2) is 4.93. The first-order valence-corrected chi connectivity index (χ1v) is 7.33. The van der Waals surface area contributed by atoms with Crippen LogP contribution in [0.4, 0.5) is 0 Å². The van der Waals surface area contributed by atoms with E-state index in [0.29, 0.717) is 11.1 Å². The van der Waals surface area contributed by atoms with Crippen LogP contribution >= 0.6 is 0 Å². The maximum absolute atomic E-state index is 11.3. The topological polar surface area (TPSA) is 55.1 Å². The third-order valence-corrected chi connectivity index (χ3v) is 4.26. The van der Waals surface area contributed by atoms with E-state index >= 15 is 0 Å². The Hall–Kier alpha value is -1.84. The number of carboxylic acid groups (broad SMARTS) is 1. The predicted octanol–water partition coefficient (Wildman–Crippen LogP) is 3.34. The largest absolute Gasteiger partial charge is 0.478 e. The summed E-state index contributed by atoms with van der Waals surface area (Å²) < 4.78 is 2.24. The van der Waals surface area contributed by atoms with Crippen LogP contribution in [0.1, 0.15) is 42.9 Å². The molecule has 0 bridgehead atoms. The van der Waals surface area contributed by atoms with Gasteiger partial charge in [-0.2, -0.15) is 0 Å². The number of carbonyl (C=O) groups is 1. The Labute approximate surface area is 118 Å². The lowest BCUT2D eigenvalue weighted by Crippen LogP contribution is -2.06. The van der Waals surface area contributed by atoms with E-state index < -0.39 is 5.97 Å². The van der Waals surface area contributed by atoms with Gasteiger partial charge in [0.05, 0.1) is 11.1 Å². The zero-order valence-corrected chi connectivity index (χ0v) is 12.0. The first-order chi connectivity index (χ1) is 9.61. The summed E-state index contributed by atoms with van der Waals surface area (Å²) in [5.41, 5.74) is 1.91. The highest BCUT2D eigenvalue weighted by molar-refractivity contribution is 6.01. The molecule has 106 valence electrons. The first kappa shape index (κ1) is 13.2. The Bertz CT molecular complexity index is 660. The smallest absolute Gasteiger partial charge is 0.337 e. The van der Waals surface area contributed by atoms with Gasteiger partial charge in [0.15, 0.2) is 0 Å². The highest BCUT2D eigenvalue weighted by atomic mass is 16.4. The molecule has 1 N–H and O–H groups in total. The zero-order valence-electron chi connectivity index (χ0n) is 12.0. The van der Waals surface area contributed by atoms with E-state index in [4.69, 9.17) is 0 Å². The highest BCUT2D eigenvalue weighted by Gasteiger charge is 2.33. The molecule has 2 aromatic rings. The summed E-state index contributed by atoms with van der Waals surface area (Å²) in [6.45, 7) is 5.36. The molecule has 0 radical (unpaired) electrons. The average Bonchev–Trinajstić information content (AvgIpc) is 2.99. The standard InChI is InChI=1S/C16H20N2O2/c1-3-5-14-17-15-12(16(19)20)6-4-7-13(15)18(14)9-11-8-10(11)2/h4,6-7,10-11H,3,5,8-9H2,1-2H3,(H,19,20). The van der Waals surface area contributed by atoms with Crippen LogP contribution in [0.2, 0.25) is 0 Å². The van der Waals surface area contributed by atoms with Crippen molar-refractivity contribution in [3.63, 3.8) is 0 Å². The van der Waals surface area contributed by atoms with Crippen LogP contribution in [0, 0.1) is 11.8 Å². The molecule has 0 aliphatic heterocycles. The van der Waals surface area contributed by atoms with Gasteiger partial charge in [0.25, 0.3) is 0 Å². The predicted molar refractivity (Wildman–Crippen MR) is 78.0 cm³/mol. The molecular weight excluding hydrogens is 252 g/mol. The molecule has 0 amide bonds. The van der Waals surface area contributed by atoms with Crippen LogP contribution < -0.4 is 0 Å². The average molecular weight is 272 g/mol. The summed E-state index contributed by atoms with van der Waals surface area (Å²) in [4.78, 5) is 15.9. The molecule has 0 saturated heterocycles. The third kappa shape index (κ3) is 2.19. The number of aromatic nitrogens is 2. The van der Waals surface area contributed by atoms with Crippen LogP contribution in [0.3, 0.4) is 0 Å². The Balaban J connectivity index is 2.11. The van der Waals surface area contributed by atoms with Gasteiger partial charge in [-0.3, -0.25) is 0 Å². The number of aryl methyl sites for hydroxylation is 1. The molecule has 2 unspecified atom stereocenters. The van der Waals surface area contributed by atoms with Crippen LogP contribution in [-0.4, -0.2) is 20.6 Å². The first-order valence-electron chi connectivity index (χ1n) is 7.33. The van der Waals surface area contributed by atoms with Gasteiger partial charge in [-0.25, -0.2) is 9.78 Å². The van der Waals surface area contributed by atoms with Crippen molar-refractivity contribution in [2.75, 3.05) is 0 Å². The third-order valence-electron chi connectivity index (χ3n) is 4.26. The zero-order chi connectivity index (χ0) is 14.3. The van der Waals surface area contributed by atoms with Crippen molar-refractivity contribution >= 4 is 17.0 Å². The van der Waals surface area contributed by atoms with Crippen molar-refractivity contribution in [2.45, 2.75) is 39.7 Å². The Morgan fingerprint density at radius 3 is 2.85 bits per heavy atom. The van der Waals surface area contributed by atoms with E-state index in [1.807, 2.05) is 12.1 Å². The lowest BCUT2D eigenvalue weighted by Gasteiger charge is -2.08. The van der Waals surface area contributed by atoms with Gasteiger partial charge in [-0.05, 0) is 36.8 Å². The minimum absolute atomic E-state index is 0.308. The molecule has 1 aromatic heterocycles. The molecule has 0 spiro atoms. The monoisotopic (exact) mass is 272 g/mol. The van der Waals surface area contributed by atoms with Crippen LogP contribution in [0.15, 0.2) is 18.2 Å². The molecule has 1 heterocycles. The van der Waals surface area contributed by atoms with Crippen LogP contribution in [0.5, 0.6) is 0 Å². The molecule has 1 saturated carbocycles. The second-order valence-corrected chi connectivity index (χ2v) is 5.84. The number of hydrogen-bond acceptors (Lipinski definition) is 2. The number of rotatable bonds is 5. The number of fused-ring (bicyclic) bond motifs is 1. The van der Waals surface area contributed by atoms with Crippen molar-refractivity contribution in [3.05, 3.63) is 29.6 Å². The number of nitrogens with zero attached hydrogens (tertiary/aromatic N) is 2. The lowest BCUT2D eigenvalue weighted by molar-refractivity contribution is 0.0699. The molecule has 2 atom stereocenters. The molecule has 1 aromatic carbocycles. The van der Waals surface area contributed by atoms with E-state index in [0.717, 1.165) is 42.6 Å². The number of benzene rings is 1. The summed E-state index contributed by atoms with van der Waals surface area (Å²) in [6, 6.07) is 5.44.